The van der Waals surface area contributed by atoms with E-state index >= 15 is 0 Å². The van der Waals surface area contributed by atoms with Crippen molar-refractivity contribution in [1.82, 2.24) is 14.5 Å². The third-order valence-electron chi connectivity index (χ3n) is 5.03. The predicted octanol–water partition coefficient (Wildman–Crippen LogP) is 5.24. The van der Waals surface area contributed by atoms with Crippen molar-refractivity contribution in [2.75, 3.05) is 18.0 Å². The van der Waals surface area contributed by atoms with Gasteiger partial charge in [-0.15, -0.1) is 0 Å². The standard InChI is InChI=1S/C23H24N4/c1-4-26(5-2)19-14-12-18(13-15-19)22-25-20-10-8-16-24-23(20)27(22)21-11-7-6-9-17(21)3/h6-16H,4-5H2,1-3H3. The van der Waals surface area contributed by atoms with Crippen LogP contribution in [-0.4, -0.2) is 27.6 Å². The highest BCUT2D eigenvalue weighted by atomic mass is 15.1. The molecule has 136 valence electrons. The average Bonchev–Trinajstić information content (AvgIpc) is 3.09. The first-order valence-corrected chi connectivity index (χ1v) is 9.47. The van der Waals surface area contributed by atoms with E-state index in [1.54, 1.807) is 0 Å². The van der Waals surface area contributed by atoms with E-state index in [-0.39, 0.29) is 0 Å². The molecular weight excluding hydrogens is 332 g/mol. The lowest BCUT2D eigenvalue weighted by atomic mass is 10.1. The summed E-state index contributed by atoms with van der Waals surface area (Å²) < 4.78 is 2.16. The summed E-state index contributed by atoms with van der Waals surface area (Å²) in [5.41, 5.74) is 6.43. The number of hydrogen-bond acceptors (Lipinski definition) is 3. The van der Waals surface area contributed by atoms with Gasteiger partial charge in [-0.05, 0) is 68.8 Å². The van der Waals surface area contributed by atoms with Crippen molar-refractivity contribution >= 4 is 16.9 Å². The van der Waals surface area contributed by atoms with Crippen LogP contribution in [0.25, 0.3) is 28.2 Å². The molecule has 0 N–H and O–H groups in total. The summed E-state index contributed by atoms with van der Waals surface area (Å²) >= 11 is 0. The second-order valence-corrected chi connectivity index (χ2v) is 6.62. The first-order chi connectivity index (χ1) is 13.2. The molecule has 0 unspecified atom stereocenters. The van der Waals surface area contributed by atoms with Gasteiger partial charge in [-0.25, -0.2) is 9.97 Å². The summed E-state index contributed by atoms with van der Waals surface area (Å²) in [6.45, 7) is 8.49. The van der Waals surface area contributed by atoms with Crippen LogP contribution in [0, 0.1) is 6.92 Å². The van der Waals surface area contributed by atoms with E-state index in [0.717, 1.165) is 41.3 Å². The van der Waals surface area contributed by atoms with Crippen LogP contribution in [0.1, 0.15) is 19.4 Å². The van der Waals surface area contributed by atoms with E-state index in [4.69, 9.17) is 4.98 Å². The zero-order valence-corrected chi connectivity index (χ0v) is 16.1. The molecule has 0 radical (unpaired) electrons. The first kappa shape index (κ1) is 17.3. The lowest BCUT2D eigenvalue weighted by Crippen LogP contribution is -2.21. The lowest BCUT2D eigenvalue weighted by molar-refractivity contribution is 0.866. The zero-order chi connectivity index (χ0) is 18.8. The van der Waals surface area contributed by atoms with Gasteiger partial charge >= 0.3 is 0 Å². The Kier molecular flexibility index (Phi) is 4.63. The van der Waals surface area contributed by atoms with Gasteiger partial charge in [0.25, 0.3) is 0 Å². The van der Waals surface area contributed by atoms with Gasteiger partial charge in [-0.1, -0.05) is 18.2 Å². The molecule has 0 aliphatic carbocycles. The molecule has 4 rings (SSSR count). The van der Waals surface area contributed by atoms with E-state index in [2.05, 4.69) is 83.8 Å². The van der Waals surface area contributed by atoms with Crippen molar-refractivity contribution in [2.45, 2.75) is 20.8 Å². The van der Waals surface area contributed by atoms with Crippen molar-refractivity contribution in [1.29, 1.82) is 0 Å². The number of aromatic nitrogens is 3. The van der Waals surface area contributed by atoms with Gasteiger partial charge in [0.05, 0.1) is 5.69 Å². The molecule has 2 aromatic heterocycles. The smallest absolute Gasteiger partial charge is 0.164 e. The maximum absolute atomic E-state index is 4.90. The zero-order valence-electron chi connectivity index (χ0n) is 16.1. The second-order valence-electron chi connectivity index (χ2n) is 6.62. The Morgan fingerprint density at radius 1 is 0.889 bits per heavy atom. The largest absolute Gasteiger partial charge is 0.372 e. The highest BCUT2D eigenvalue weighted by molar-refractivity contribution is 5.80. The summed E-state index contributed by atoms with van der Waals surface area (Å²) in [4.78, 5) is 11.9. The summed E-state index contributed by atoms with van der Waals surface area (Å²) in [5.74, 6) is 0.920. The highest BCUT2D eigenvalue weighted by Crippen LogP contribution is 2.30. The van der Waals surface area contributed by atoms with Gasteiger partial charge in [0.1, 0.15) is 11.3 Å². The molecule has 2 aromatic carbocycles. The van der Waals surface area contributed by atoms with Crippen molar-refractivity contribution in [3.05, 3.63) is 72.4 Å². The molecule has 0 fully saturated rings. The Hall–Kier alpha value is -3.14. The van der Waals surface area contributed by atoms with Crippen molar-refractivity contribution in [3.8, 4) is 17.1 Å². The number of pyridine rings is 1. The number of rotatable bonds is 5. The topological polar surface area (TPSA) is 34.0 Å². The minimum absolute atomic E-state index is 0.884. The molecule has 0 atom stereocenters. The quantitative estimate of drug-likeness (QED) is 0.490. The molecule has 4 heteroatoms. The van der Waals surface area contributed by atoms with Gasteiger partial charge in [0.2, 0.25) is 0 Å². The first-order valence-electron chi connectivity index (χ1n) is 9.47. The SMILES string of the molecule is CCN(CC)c1ccc(-c2nc3cccnc3n2-c2ccccc2C)cc1. The van der Waals surface area contributed by atoms with E-state index in [1.165, 1.54) is 11.3 Å². The number of hydrogen-bond donors (Lipinski definition) is 0. The summed E-state index contributed by atoms with van der Waals surface area (Å²) in [7, 11) is 0. The van der Waals surface area contributed by atoms with Gasteiger partial charge in [-0.3, -0.25) is 4.57 Å². The Bertz CT molecular complexity index is 1060. The van der Waals surface area contributed by atoms with Crippen LogP contribution in [0.4, 0.5) is 5.69 Å². The van der Waals surface area contributed by atoms with E-state index < -0.39 is 0 Å². The van der Waals surface area contributed by atoms with Crippen LogP contribution in [0.3, 0.4) is 0 Å². The number of imidazole rings is 1. The third kappa shape index (κ3) is 3.08. The van der Waals surface area contributed by atoms with Crippen LogP contribution in [0.5, 0.6) is 0 Å². The summed E-state index contributed by atoms with van der Waals surface area (Å²) in [5, 5.41) is 0. The Morgan fingerprint density at radius 2 is 1.63 bits per heavy atom. The molecule has 2 heterocycles. The molecule has 4 aromatic rings. The molecular formula is C23H24N4. The molecule has 4 nitrogen and oxygen atoms in total. The van der Waals surface area contributed by atoms with Gasteiger partial charge in [0.15, 0.2) is 5.65 Å². The molecule has 0 bridgehead atoms. The summed E-state index contributed by atoms with van der Waals surface area (Å²) in [6.07, 6.45) is 1.83. The third-order valence-corrected chi connectivity index (χ3v) is 5.03. The second kappa shape index (κ2) is 7.23. The highest BCUT2D eigenvalue weighted by Gasteiger charge is 2.16. The molecule has 0 spiro atoms. The van der Waals surface area contributed by atoms with Crippen LogP contribution in [0.15, 0.2) is 66.9 Å². The minimum Gasteiger partial charge on any atom is -0.372 e. The van der Waals surface area contributed by atoms with E-state index in [1.807, 2.05) is 18.3 Å². The number of para-hydroxylation sites is 1. The fraction of sp³-hybridized carbons (Fsp3) is 0.217. The Morgan fingerprint density at radius 3 is 2.33 bits per heavy atom. The van der Waals surface area contributed by atoms with Crippen molar-refractivity contribution in [3.63, 3.8) is 0 Å². The van der Waals surface area contributed by atoms with Crippen LogP contribution in [-0.2, 0) is 0 Å². The summed E-state index contributed by atoms with van der Waals surface area (Å²) in [6, 6.07) is 21.0. The number of fused-ring (bicyclic) bond motifs is 1. The Labute approximate surface area is 160 Å². The molecule has 0 aliphatic rings. The molecule has 0 aliphatic heterocycles. The molecule has 0 saturated heterocycles. The van der Waals surface area contributed by atoms with Crippen LogP contribution < -0.4 is 4.90 Å². The van der Waals surface area contributed by atoms with Crippen LogP contribution in [0.2, 0.25) is 0 Å². The normalized spacial score (nSPS) is 11.1. The van der Waals surface area contributed by atoms with Crippen LogP contribution >= 0.6 is 0 Å². The monoisotopic (exact) mass is 356 g/mol. The van der Waals surface area contributed by atoms with Gasteiger partial charge < -0.3 is 4.90 Å². The number of benzene rings is 2. The predicted molar refractivity (Wildman–Crippen MR) is 113 cm³/mol. The van der Waals surface area contributed by atoms with Gasteiger partial charge in [0, 0.05) is 30.5 Å². The van der Waals surface area contributed by atoms with E-state index in [0.29, 0.717) is 0 Å². The minimum atomic E-state index is 0.884. The molecule has 0 amide bonds. The Balaban J connectivity index is 1.90. The average molecular weight is 356 g/mol. The van der Waals surface area contributed by atoms with Gasteiger partial charge in [-0.2, -0.15) is 0 Å². The molecule has 27 heavy (non-hydrogen) atoms. The van der Waals surface area contributed by atoms with Crippen molar-refractivity contribution < 1.29 is 0 Å². The maximum atomic E-state index is 4.90. The fourth-order valence-corrected chi connectivity index (χ4v) is 3.56. The fourth-order valence-electron chi connectivity index (χ4n) is 3.56. The van der Waals surface area contributed by atoms with E-state index in [9.17, 15) is 0 Å². The number of nitrogens with zero attached hydrogens (tertiary/aromatic N) is 4. The maximum Gasteiger partial charge on any atom is 0.164 e. The lowest BCUT2D eigenvalue weighted by Gasteiger charge is -2.21. The molecule has 0 saturated carbocycles. The van der Waals surface area contributed by atoms with Crippen molar-refractivity contribution in [2.24, 2.45) is 0 Å². The number of anilines is 1. The number of aryl methyl sites for hydroxylation is 1.